The molecule has 4 nitrogen and oxygen atoms in total. The Labute approximate surface area is 151 Å². The molecular formula is C21H18FN3O. The van der Waals surface area contributed by atoms with E-state index in [0.717, 1.165) is 24.1 Å². The normalized spacial score (nSPS) is 16.2. The second kappa shape index (κ2) is 6.67. The standard InChI is InChI=1S/C21H18FN3O/c1-14-6-7-16-4-2-3-5-20(16)25(14)21(26)19-13-23-12-18(24-19)15-8-10-17(22)11-9-15/h2-5,8-14H,6-7H2,1H3. The van der Waals surface area contributed by atoms with Crippen LogP contribution in [0.15, 0.2) is 60.9 Å². The minimum atomic E-state index is -0.312. The minimum absolute atomic E-state index is 0.0914. The van der Waals surface area contributed by atoms with Crippen LogP contribution in [0.1, 0.15) is 29.4 Å². The first kappa shape index (κ1) is 16.4. The quantitative estimate of drug-likeness (QED) is 0.696. The lowest BCUT2D eigenvalue weighted by molar-refractivity contribution is 0.0970. The van der Waals surface area contributed by atoms with Gasteiger partial charge in [0.2, 0.25) is 0 Å². The molecule has 0 bridgehead atoms. The molecule has 0 saturated carbocycles. The number of carbonyl (C=O) groups is 1. The summed E-state index contributed by atoms with van der Waals surface area (Å²) in [6, 6.07) is 14.1. The number of hydrogen-bond donors (Lipinski definition) is 0. The second-order valence-electron chi connectivity index (χ2n) is 6.49. The smallest absolute Gasteiger partial charge is 0.278 e. The first-order valence-electron chi connectivity index (χ1n) is 8.63. The molecule has 0 N–H and O–H groups in total. The highest BCUT2D eigenvalue weighted by Crippen LogP contribution is 2.31. The first-order chi connectivity index (χ1) is 12.6. The number of fused-ring (bicyclic) bond motifs is 1. The predicted octanol–water partition coefficient (Wildman–Crippen LogP) is 4.26. The van der Waals surface area contributed by atoms with Crippen molar-refractivity contribution in [3.05, 3.63) is 78.0 Å². The number of anilines is 1. The van der Waals surface area contributed by atoms with Crippen LogP contribution in [0, 0.1) is 5.82 Å². The van der Waals surface area contributed by atoms with Crippen molar-refractivity contribution in [2.24, 2.45) is 0 Å². The minimum Gasteiger partial charge on any atom is -0.304 e. The number of halogens is 1. The number of carbonyl (C=O) groups excluding carboxylic acids is 1. The third kappa shape index (κ3) is 2.96. The zero-order chi connectivity index (χ0) is 18.1. The SMILES string of the molecule is CC1CCc2ccccc2N1C(=O)c1cncc(-c2ccc(F)cc2)n1. The number of benzene rings is 2. The van der Waals surface area contributed by atoms with Crippen LogP contribution < -0.4 is 4.90 Å². The van der Waals surface area contributed by atoms with Crippen LogP contribution in [-0.2, 0) is 6.42 Å². The fourth-order valence-corrected chi connectivity index (χ4v) is 3.35. The van der Waals surface area contributed by atoms with Crippen molar-refractivity contribution >= 4 is 11.6 Å². The lowest BCUT2D eigenvalue weighted by Gasteiger charge is -2.35. The van der Waals surface area contributed by atoms with Crippen LogP contribution in [-0.4, -0.2) is 21.9 Å². The van der Waals surface area contributed by atoms with Crippen LogP contribution >= 0.6 is 0 Å². The van der Waals surface area contributed by atoms with Crippen LogP contribution in [0.3, 0.4) is 0 Å². The number of para-hydroxylation sites is 1. The number of aryl methyl sites for hydroxylation is 1. The monoisotopic (exact) mass is 347 g/mol. The fourth-order valence-electron chi connectivity index (χ4n) is 3.35. The molecular weight excluding hydrogens is 329 g/mol. The zero-order valence-corrected chi connectivity index (χ0v) is 14.4. The van der Waals surface area contributed by atoms with E-state index in [1.54, 1.807) is 23.2 Å². The summed E-state index contributed by atoms with van der Waals surface area (Å²) in [5, 5.41) is 0. The van der Waals surface area contributed by atoms with E-state index in [4.69, 9.17) is 0 Å². The van der Waals surface area contributed by atoms with E-state index in [0.29, 0.717) is 5.69 Å². The summed E-state index contributed by atoms with van der Waals surface area (Å²) in [6.07, 6.45) is 4.94. The molecule has 26 heavy (non-hydrogen) atoms. The van der Waals surface area contributed by atoms with Gasteiger partial charge in [0.25, 0.3) is 5.91 Å². The first-order valence-corrected chi connectivity index (χ1v) is 8.63. The van der Waals surface area contributed by atoms with Crippen molar-refractivity contribution in [2.75, 3.05) is 4.90 Å². The summed E-state index contributed by atoms with van der Waals surface area (Å²) in [7, 11) is 0. The van der Waals surface area contributed by atoms with Gasteiger partial charge in [-0.25, -0.2) is 9.37 Å². The van der Waals surface area contributed by atoms with Crippen molar-refractivity contribution in [3.63, 3.8) is 0 Å². The van der Waals surface area contributed by atoms with E-state index in [2.05, 4.69) is 16.0 Å². The zero-order valence-electron chi connectivity index (χ0n) is 14.4. The molecule has 1 unspecified atom stereocenters. The lowest BCUT2D eigenvalue weighted by atomic mass is 9.96. The van der Waals surface area contributed by atoms with Gasteiger partial charge in [0.05, 0.1) is 18.1 Å². The lowest BCUT2D eigenvalue weighted by Crippen LogP contribution is -2.42. The van der Waals surface area contributed by atoms with E-state index < -0.39 is 0 Å². The average Bonchev–Trinajstić information content (AvgIpc) is 2.68. The molecule has 5 heteroatoms. The Morgan fingerprint density at radius 2 is 1.88 bits per heavy atom. The van der Waals surface area contributed by atoms with E-state index in [9.17, 15) is 9.18 Å². The van der Waals surface area contributed by atoms with E-state index in [-0.39, 0.29) is 23.5 Å². The summed E-state index contributed by atoms with van der Waals surface area (Å²) in [6.45, 7) is 2.05. The Balaban J connectivity index is 1.71. The molecule has 2 heterocycles. The largest absolute Gasteiger partial charge is 0.304 e. The Bertz CT molecular complexity index is 955. The van der Waals surface area contributed by atoms with Gasteiger partial charge in [-0.1, -0.05) is 18.2 Å². The van der Waals surface area contributed by atoms with Crippen LogP contribution in [0.4, 0.5) is 10.1 Å². The molecule has 3 aromatic rings. The van der Waals surface area contributed by atoms with Crippen LogP contribution in [0.5, 0.6) is 0 Å². The van der Waals surface area contributed by atoms with Crippen molar-refractivity contribution in [1.82, 2.24) is 9.97 Å². The van der Waals surface area contributed by atoms with Crippen molar-refractivity contribution in [1.29, 1.82) is 0 Å². The Morgan fingerprint density at radius 3 is 2.69 bits per heavy atom. The Hall–Kier alpha value is -3.08. The molecule has 1 aromatic heterocycles. The van der Waals surface area contributed by atoms with Gasteiger partial charge in [-0.3, -0.25) is 9.78 Å². The molecule has 2 aromatic carbocycles. The summed E-state index contributed by atoms with van der Waals surface area (Å²) in [5.74, 6) is -0.478. The third-order valence-corrected chi connectivity index (χ3v) is 4.74. The van der Waals surface area contributed by atoms with Gasteiger partial charge in [0.15, 0.2) is 0 Å². The van der Waals surface area contributed by atoms with E-state index >= 15 is 0 Å². The number of aromatic nitrogens is 2. The number of amides is 1. The highest BCUT2D eigenvalue weighted by Gasteiger charge is 2.29. The second-order valence-corrected chi connectivity index (χ2v) is 6.49. The van der Waals surface area contributed by atoms with Gasteiger partial charge in [0.1, 0.15) is 11.5 Å². The summed E-state index contributed by atoms with van der Waals surface area (Å²) in [5.41, 5.74) is 3.66. The van der Waals surface area contributed by atoms with Crippen molar-refractivity contribution < 1.29 is 9.18 Å². The molecule has 0 spiro atoms. The molecule has 0 radical (unpaired) electrons. The molecule has 1 aliphatic heterocycles. The predicted molar refractivity (Wildman–Crippen MR) is 98.5 cm³/mol. The maximum absolute atomic E-state index is 13.2. The number of nitrogens with zero attached hydrogens (tertiary/aromatic N) is 3. The van der Waals surface area contributed by atoms with Gasteiger partial charge in [-0.05, 0) is 55.7 Å². The molecule has 130 valence electrons. The fraction of sp³-hybridized carbons (Fsp3) is 0.190. The van der Waals surface area contributed by atoms with Crippen molar-refractivity contribution in [3.8, 4) is 11.3 Å². The molecule has 0 fully saturated rings. The molecule has 0 aliphatic carbocycles. The molecule has 4 rings (SSSR count). The Morgan fingerprint density at radius 1 is 1.12 bits per heavy atom. The number of hydrogen-bond acceptors (Lipinski definition) is 3. The molecule has 1 aliphatic rings. The summed E-state index contributed by atoms with van der Waals surface area (Å²) < 4.78 is 13.1. The van der Waals surface area contributed by atoms with Crippen molar-refractivity contribution in [2.45, 2.75) is 25.8 Å². The number of rotatable bonds is 2. The highest BCUT2D eigenvalue weighted by atomic mass is 19.1. The van der Waals surface area contributed by atoms with Crippen LogP contribution in [0.2, 0.25) is 0 Å². The van der Waals surface area contributed by atoms with Gasteiger partial charge < -0.3 is 4.90 Å². The summed E-state index contributed by atoms with van der Waals surface area (Å²) >= 11 is 0. The molecule has 1 amide bonds. The topological polar surface area (TPSA) is 46.1 Å². The highest BCUT2D eigenvalue weighted by molar-refractivity contribution is 6.06. The maximum atomic E-state index is 13.2. The summed E-state index contributed by atoms with van der Waals surface area (Å²) in [4.78, 5) is 23.6. The molecule has 1 atom stereocenters. The van der Waals surface area contributed by atoms with E-state index in [1.807, 2.05) is 25.1 Å². The average molecular weight is 347 g/mol. The van der Waals surface area contributed by atoms with Gasteiger partial charge in [-0.2, -0.15) is 0 Å². The maximum Gasteiger partial charge on any atom is 0.278 e. The van der Waals surface area contributed by atoms with Crippen LogP contribution in [0.25, 0.3) is 11.3 Å². The Kier molecular flexibility index (Phi) is 4.21. The van der Waals surface area contributed by atoms with Gasteiger partial charge in [-0.15, -0.1) is 0 Å². The van der Waals surface area contributed by atoms with Gasteiger partial charge >= 0.3 is 0 Å². The van der Waals surface area contributed by atoms with Gasteiger partial charge in [0, 0.05) is 17.3 Å². The van der Waals surface area contributed by atoms with E-state index in [1.165, 1.54) is 23.9 Å². The molecule has 0 saturated heterocycles. The third-order valence-electron chi connectivity index (χ3n) is 4.74.